The molecule has 12 aliphatic rings. The van der Waals surface area contributed by atoms with Crippen LogP contribution < -0.4 is 21.3 Å². The number of nitrogens with one attached hydrogen (secondary N) is 4. The van der Waals surface area contributed by atoms with Crippen molar-refractivity contribution >= 4 is 47.8 Å². The average Bonchev–Trinajstić information content (AvgIpc) is 1.35. The van der Waals surface area contributed by atoms with Gasteiger partial charge in [-0.25, -0.2) is 14.4 Å². The van der Waals surface area contributed by atoms with Crippen LogP contribution in [0.15, 0.2) is 0 Å². The van der Waals surface area contributed by atoms with Crippen LogP contribution in [-0.4, -0.2) is 249 Å². The third kappa shape index (κ3) is 33.0. The van der Waals surface area contributed by atoms with Crippen LogP contribution in [0.25, 0.3) is 0 Å². The van der Waals surface area contributed by atoms with Gasteiger partial charge in [0.05, 0.1) is 13.2 Å². The van der Waals surface area contributed by atoms with Crippen LogP contribution >= 0.6 is 0 Å². The molecule has 0 aliphatic carbocycles. The Morgan fingerprint density at radius 2 is 0.718 bits per heavy atom. The van der Waals surface area contributed by atoms with E-state index >= 15 is 0 Å². The molecule has 25 nitrogen and oxygen atoms in total. The van der Waals surface area contributed by atoms with E-state index < -0.39 is 11.2 Å². The Labute approximate surface area is 633 Å². The molecule has 12 saturated heterocycles. The number of piperidine rings is 9. The maximum atomic E-state index is 12.8. The van der Waals surface area contributed by atoms with E-state index in [0.717, 1.165) is 174 Å². The molecule has 0 aromatic heterocycles. The van der Waals surface area contributed by atoms with Crippen LogP contribution in [0.5, 0.6) is 0 Å². The molecule has 6 bridgehead atoms. The van der Waals surface area contributed by atoms with E-state index in [4.69, 9.17) is 34.6 Å². The summed E-state index contributed by atoms with van der Waals surface area (Å²) in [5.74, 6) is 0.776. The van der Waals surface area contributed by atoms with Crippen molar-refractivity contribution < 1.29 is 99.4 Å². The van der Waals surface area contributed by atoms with E-state index in [0.29, 0.717) is 86.3 Å². The Bertz CT molecular complexity index is 2500. The Morgan fingerprint density at radius 3 is 0.971 bits per heavy atom. The SMILES string of the molecule is CC(C)(C)OC(=O)N1C2CCCC1CC(=O)C2.CC(C)(C)OC(=O)N1C2CCCC1CC(N1CCC3(CC1)CNC(=O)C3)C2.CC(C)O.CC(C)O.CC(C)O.CC(C)O.CCOC(=O)N1C2CCCC1CC(N1CCC3(CC1)CNC(=O)C3)C2.CCOC(C)=O.O=C1CC2(CCNCC2)CN1.[Ti]. The van der Waals surface area contributed by atoms with Crippen molar-refractivity contribution in [3.63, 3.8) is 0 Å². The number of aliphatic hydroxyl groups is 4. The second kappa shape index (κ2) is 44.3. The molecular weight excluding hydrogens is 1350 g/mol. The molecule has 12 fully saturated rings. The zero-order valence-electron chi connectivity index (χ0n) is 66.6. The van der Waals surface area contributed by atoms with Gasteiger partial charge in [0.25, 0.3) is 0 Å². The molecule has 0 radical (unpaired) electrons. The Balaban J connectivity index is 0.000000332. The Kier molecular flexibility index (Phi) is 40.0. The van der Waals surface area contributed by atoms with Gasteiger partial charge in [0.1, 0.15) is 17.0 Å². The minimum atomic E-state index is -0.465. The van der Waals surface area contributed by atoms with Gasteiger partial charge in [-0.15, -0.1) is 0 Å². The molecule has 12 aliphatic heterocycles. The van der Waals surface area contributed by atoms with Crippen molar-refractivity contribution in [1.29, 1.82) is 0 Å². The summed E-state index contributed by atoms with van der Waals surface area (Å²) in [7, 11) is 0. The average molecular weight is 1500 g/mol. The van der Waals surface area contributed by atoms with Gasteiger partial charge in [-0.3, -0.25) is 24.0 Å². The van der Waals surface area contributed by atoms with Gasteiger partial charge >= 0.3 is 24.2 Å². The molecule has 8 N–H and O–H groups in total. The quantitative estimate of drug-likeness (QED) is 0.0737. The number of carbonyl (C=O) groups is 8. The van der Waals surface area contributed by atoms with Crippen molar-refractivity contribution in [2.24, 2.45) is 16.2 Å². The van der Waals surface area contributed by atoms with E-state index in [9.17, 15) is 38.4 Å². The minimum Gasteiger partial charge on any atom is -0.466 e. The largest absolute Gasteiger partial charge is 0.466 e. The molecule has 12 rings (SSSR count). The standard InChI is InChI=1S/C21H35N3O3.C19H31N3O3.C13H21NO3.C8H14N2O.C4H8O2.4C3H8O.Ti/c1-20(2,3)27-19(26)24-15-5-4-6-16(24)12-17(11-15)23-9-7-21(8-10-23)13-18(25)22-14-21;1-2-25-18(24)22-14-4-3-5-15(22)11-16(10-14)21-8-6-19(7-9-21)12-17(23)20-13-19;1-13(2,3)17-12(16)14-9-5-4-6-10(14)8-11(15)7-9;11-7-5-8(6-10-7)1-3-9-4-2-8;1-3-6-4(2)5;4*1-3(2)4;/h15-17H,4-14H2,1-3H3,(H,22,25);14-16H,2-13H2,1H3,(H,20,23);9-10H,4-8H2,1-3H3;9H,1-6H2,(H,10,11);3H2,1-2H3;4*3-4H,1-2H3;. The molecule has 3 spiro atoms. The van der Waals surface area contributed by atoms with E-state index in [1.807, 2.05) is 53.4 Å². The van der Waals surface area contributed by atoms with Crippen LogP contribution in [0.1, 0.15) is 272 Å². The summed E-state index contributed by atoms with van der Waals surface area (Å²) in [4.78, 5) is 104. The number of ketones is 1. The summed E-state index contributed by atoms with van der Waals surface area (Å²) in [5.41, 5.74) is -0.152. The number of ether oxygens (including phenoxy) is 4. The number of amides is 6. The number of Topliss-reactive ketones (excluding diaryl/α,β-unsaturated/α-hetero) is 1. The first kappa shape index (κ1) is 93.0. The smallest absolute Gasteiger partial charge is 0.410 e. The summed E-state index contributed by atoms with van der Waals surface area (Å²) in [6.07, 6.45) is 23.0. The predicted molar refractivity (Wildman–Crippen MR) is 395 cm³/mol. The first-order chi connectivity index (χ1) is 47.7. The van der Waals surface area contributed by atoms with Crippen molar-refractivity contribution in [2.75, 3.05) is 72.1 Å². The normalized spacial score (nSPS) is 27.1. The zero-order chi connectivity index (χ0) is 76.3. The molecule has 6 unspecified atom stereocenters. The fourth-order valence-corrected chi connectivity index (χ4v) is 16.4. The molecule has 26 heteroatoms. The number of aliphatic hydroxyl groups excluding tert-OH is 4. The second-order valence-corrected chi connectivity index (χ2v) is 33.8. The third-order valence-corrected chi connectivity index (χ3v) is 20.7. The fraction of sp³-hybridized carbons (Fsp3) is 0.896. The molecular formula is C77H141N9O16Ti. The summed E-state index contributed by atoms with van der Waals surface area (Å²) in [6, 6.07) is 2.65. The summed E-state index contributed by atoms with van der Waals surface area (Å²) >= 11 is 0. The van der Waals surface area contributed by atoms with Gasteiger partial charge in [0.15, 0.2) is 0 Å². The van der Waals surface area contributed by atoms with Crippen molar-refractivity contribution in [3.8, 4) is 0 Å². The number of esters is 1. The minimum absolute atomic E-state index is 0. The van der Waals surface area contributed by atoms with Gasteiger partial charge < -0.3 is 85.1 Å². The molecule has 0 aromatic rings. The van der Waals surface area contributed by atoms with Crippen LogP contribution in [0.4, 0.5) is 14.4 Å². The topological polar surface area (TPSA) is 319 Å². The molecule has 594 valence electrons. The number of nitrogens with zero attached hydrogens (tertiary/aromatic N) is 5. The zero-order valence-corrected chi connectivity index (χ0v) is 68.2. The monoisotopic (exact) mass is 1500 g/mol. The molecule has 12 heterocycles. The van der Waals surface area contributed by atoms with Gasteiger partial charge in [0, 0.05) is 153 Å². The molecule has 6 atom stereocenters. The first-order valence-electron chi connectivity index (χ1n) is 39.1. The number of hydrogen-bond donors (Lipinski definition) is 8. The summed E-state index contributed by atoms with van der Waals surface area (Å²) in [6.45, 7) is 40.4. The first-order valence-corrected chi connectivity index (χ1v) is 39.1. The van der Waals surface area contributed by atoms with E-state index in [-0.39, 0.29) is 111 Å². The number of rotatable bonds is 4. The van der Waals surface area contributed by atoms with Crippen LogP contribution in [0.2, 0.25) is 0 Å². The van der Waals surface area contributed by atoms with Crippen molar-refractivity contribution in [1.82, 2.24) is 45.8 Å². The summed E-state index contributed by atoms with van der Waals surface area (Å²) < 4.78 is 20.8. The Hall–Kier alpha value is -4.21. The van der Waals surface area contributed by atoms with Crippen LogP contribution in [-0.2, 0) is 64.6 Å². The van der Waals surface area contributed by atoms with E-state index in [1.54, 1.807) is 62.3 Å². The van der Waals surface area contributed by atoms with Crippen molar-refractivity contribution in [3.05, 3.63) is 0 Å². The number of hydrogen-bond acceptors (Lipinski definition) is 19. The third-order valence-electron chi connectivity index (χ3n) is 20.7. The molecule has 103 heavy (non-hydrogen) atoms. The maximum absolute atomic E-state index is 12.8. The van der Waals surface area contributed by atoms with E-state index in [2.05, 4.69) is 45.6 Å². The summed E-state index contributed by atoms with van der Waals surface area (Å²) in [5, 5.41) is 44.5. The van der Waals surface area contributed by atoms with Gasteiger partial charge in [-0.2, -0.15) is 0 Å². The molecule has 0 saturated carbocycles. The maximum Gasteiger partial charge on any atom is 0.410 e. The van der Waals surface area contributed by atoms with Crippen molar-refractivity contribution in [2.45, 2.75) is 356 Å². The number of fused-ring (bicyclic) bond motifs is 6. The van der Waals surface area contributed by atoms with E-state index in [1.165, 1.54) is 19.8 Å². The number of carbonyl (C=O) groups excluding carboxylic acids is 8. The second-order valence-electron chi connectivity index (χ2n) is 33.8. The van der Waals surface area contributed by atoms with Gasteiger partial charge in [0.2, 0.25) is 17.7 Å². The van der Waals surface area contributed by atoms with Crippen LogP contribution in [0.3, 0.4) is 0 Å². The number of likely N-dealkylation sites (tertiary alicyclic amines) is 2. The fourth-order valence-electron chi connectivity index (χ4n) is 16.4. The molecule has 0 aromatic carbocycles. The van der Waals surface area contributed by atoms with Gasteiger partial charge in [-0.1, -0.05) is 0 Å². The van der Waals surface area contributed by atoms with Crippen LogP contribution in [0, 0.1) is 16.2 Å². The Morgan fingerprint density at radius 1 is 0.447 bits per heavy atom. The molecule has 6 amide bonds. The predicted octanol–water partition coefficient (Wildman–Crippen LogP) is 9.54. The van der Waals surface area contributed by atoms with Gasteiger partial charge in [-0.05, 0) is 288 Å².